The number of nitrogens with one attached hydrogen (secondary N) is 1. The molecule has 1 saturated carbocycles. The minimum absolute atomic E-state index is 0. The lowest BCUT2D eigenvalue weighted by Crippen LogP contribution is -2.47. The highest BCUT2D eigenvalue weighted by atomic mass is 35.5. The Kier molecular flexibility index (Phi) is 6.81. The van der Waals surface area contributed by atoms with Crippen LogP contribution < -0.4 is 5.32 Å². The molecule has 0 bridgehead atoms. The van der Waals surface area contributed by atoms with E-state index in [1.807, 2.05) is 0 Å². The van der Waals surface area contributed by atoms with Crippen molar-refractivity contribution < 1.29 is 8.78 Å². The first-order valence-electron chi connectivity index (χ1n) is 8.57. The quantitative estimate of drug-likeness (QED) is 0.883. The molecular formula is C18H27ClF2N2. The van der Waals surface area contributed by atoms with Crippen molar-refractivity contribution in [3.8, 4) is 0 Å². The summed E-state index contributed by atoms with van der Waals surface area (Å²) in [5, 5.41) is 3.34. The Morgan fingerprint density at radius 2 is 1.74 bits per heavy atom. The number of hydrogen-bond donors (Lipinski definition) is 1. The van der Waals surface area contributed by atoms with E-state index in [9.17, 15) is 8.78 Å². The number of rotatable bonds is 3. The van der Waals surface area contributed by atoms with Gasteiger partial charge in [-0.3, -0.25) is 4.90 Å². The first-order valence-corrected chi connectivity index (χ1v) is 8.57. The predicted octanol–water partition coefficient (Wildman–Crippen LogP) is 4.22. The van der Waals surface area contributed by atoms with Crippen molar-refractivity contribution >= 4 is 12.4 Å². The fourth-order valence-electron chi connectivity index (χ4n) is 4.08. The first-order chi connectivity index (χ1) is 10.7. The van der Waals surface area contributed by atoms with Crippen LogP contribution in [0.15, 0.2) is 12.1 Å². The van der Waals surface area contributed by atoms with Crippen LogP contribution in [0.2, 0.25) is 0 Å². The summed E-state index contributed by atoms with van der Waals surface area (Å²) in [4.78, 5) is 2.30. The average Bonchev–Trinajstić information content (AvgIpc) is 2.57. The summed E-state index contributed by atoms with van der Waals surface area (Å²) in [5.74, 6) is -0.344. The Morgan fingerprint density at radius 1 is 1.09 bits per heavy atom. The van der Waals surface area contributed by atoms with E-state index in [0.717, 1.165) is 39.0 Å². The number of aryl methyl sites for hydroxylation is 1. The molecule has 1 N–H and O–H groups in total. The van der Waals surface area contributed by atoms with E-state index in [1.54, 1.807) is 13.0 Å². The first kappa shape index (κ1) is 18.6. The normalized spacial score (nSPS) is 21.7. The van der Waals surface area contributed by atoms with Gasteiger partial charge < -0.3 is 5.32 Å². The fourth-order valence-corrected chi connectivity index (χ4v) is 4.08. The molecule has 3 rings (SSSR count). The van der Waals surface area contributed by atoms with Crippen molar-refractivity contribution in [2.24, 2.45) is 5.92 Å². The molecular weight excluding hydrogens is 318 g/mol. The maximum absolute atomic E-state index is 14.7. The zero-order valence-electron chi connectivity index (χ0n) is 13.8. The lowest BCUT2D eigenvalue weighted by atomic mass is 9.79. The minimum Gasteiger partial charge on any atom is -0.314 e. The third-order valence-corrected chi connectivity index (χ3v) is 5.26. The number of nitrogens with zero attached hydrogens (tertiary/aromatic N) is 1. The van der Waals surface area contributed by atoms with Gasteiger partial charge in [-0.2, -0.15) is 0 Å². The van der Waals surface area contributed by atoms with Crippen molar-refractivity contribution in [3.63, 3.8) is 0 Å². The predicted molar refractivity (Wildman–Crippen MR) is 92.1 cm³/mol. The Labute approximate surface area is 144 Å². The van der Waals surface area contributed by atoms with Crippen molar-refractivity contribution in [2.45, 2.75) is 45.1 Å². The Morgan fingerprint density at radius 3 is 2.39 bits per heavy atom. The van der Waals surface area contributed by atoms with Gasteiger partial charge in [-0.05, 0) is 37.3 Å². The van der Waals surface area contributed by atoms with E-state index in [1.165, 1.54) is 25.3 Å². The van der Waals surface area contributed by atoms with Gasteiger partial charge >= 0.3 is 0 Å². The number of piperazine rings is 1. The average molecular weight is 345 g/mol. The van der Waals surface area contributed by atoms with E-state index >= 15 is 0 Å². The van der Waals surface area contributed by atoms with Crippen LogP contribution >= 0.6 is 12.4 Å². The van der Waals surface area contributed by atoms with Gasteiger partial charge in [-0.15, -0.1) is 12.4 Å². The highest BCUT2D eigenvalue weighted by Crippen LogP contribution is 2.40. The largest absolute Gasteiger partial charge is 0.314 e. The van der Waals surface area contributed by atoms with E-state index in [4.69, 9.17) is 0 Å². The van der Waals surface area contributed by atoms with Crippen LogP contribution in [-0.2, 0) is 0 Å². The summed E-state index contributed by atoms with van der Waals surface area (Å²) < 4.78 is 29.2. The molecule has 0 spiro atoms. The van der Waals surface area contributed by atoms with E-state index in [0.29, 0.717) is 17.0 Å². The summed E-state index contributed by atoms with van der Waals surface area (Å²) in [7, 11) is 0. The molecule has 0 unspecified atom stereocenters. The molecule has 1 aromatic rings. The monoisotopic (exact) mass is 344 g/mol. The minimum atomic E-state index is -0.378. The van der Waals surface area contributed by atoms with Gasteiger partial charge in [0.05, 0.1) is 0 Å². The van der Waals surface area contributed by atoms with E-state index in [2.05, 4.69) is 10.2 Å². The molecule has 1 heterocycles. The molecule has 1 aromatic carbocycles. The van der Waals surface area contributed by atoms with Crippen molar-refractivity contribution in [1.82, 2.24) is 10.2 Å². The molecule has 2 aliphatic rings. The molecule has 130 valence electrons. The third-order valence-electron chi connectivity index (χ3n) is 5.26. The summed E-state index contributed by atoms with van der Waals surface area (Å²) in [6, 6.07) is 2.87. The molecule has 1 aliphatic heterocycles. The van der Waals surface area contributed by atoms with Crippen LogP contribution in [0.1, 0.15) is 49.3 Å². The van der Waals surface area contributed by atoms with Gasteiger partial charge in [0, 0.05) is 37.8 Å². The van der Waals surface area contributed by atoms with Gasteiger partial charge in [-0.25, -0.2) is 8.78 Å². The Hall–Kier alpha value is -0.710. The van der Waals surface area contributed by atoms with Crippen LogP contribution in [0.25, 0.3) is 0 Å². The summed E-state index contributed by atoms with van der Waals surface area (Å²) in [6.07, 6.45) is 5.79. The topological polar surface area (TPSA) is 15.3 Å². The number of benzene rings is 1. The molecule has 0 aromatic heterocycles. The maximum Gasteiger partial charge on any atom is 0.133 e. The lowest BCUT2D eigenvalue weighted by Gasteiger charge is -2.41. The van der Waals surface area contributed by atoms with Gasteiger partial charge in [0.15, 0.2) is 0 Å². The highest BCUT2D eigenvalue weighted by Gasteiger charge is 2.34. The molecule has 2 nitrogen and oxygen atoms in total. The molecule has 5 heteroatoms. The zero-order chi connectivity index (χ0) is 15.5. The molecule has 0 radical (unpaired) electrons. The third kappa shape index (κ3) is 4.04. The molecule has 2 fully saturated rings. The lowest BCUT2D eigenvalue weighted by molar-refractivity contribution is 0.0975. The SMILES string of the molecule is Cc1ccc(F)c([C@@H](C2CCCCC2)N2CCNCC2)c1F.Cl. The summed E-state index contributed by atoms with van der Waals surface area (Å²) in [5.41, 5.74) is 0.862. The standard InChI is InChI=1S/C18H26F2N2.ClH/c1-13-7-8-15(19)16(17(13)20)18(14-5-3-2-4-6-14)22-11-9-21-10-12-22;/h7-8,14,18,21H,2-6,9-12H2,1H3;1H/t18-;/m1./s1. The second-order valence-electron chi connectivity index (χ2n) is 6.72. The van der Waals surface area contributed by atoms with Gasteiger partial charge in [-0.1, -0.05) is 25.3 Å². The smallest absolute Gasteiger partial charge is 0.133 e. The molecule has 1 atom stereocenters. The Bertz CT molecular complexity index is 494. The van der Waals surface area contributed by atoms with Crippen molar-refractivity contribution in [2.75, 3.05) is 26.2 Å². The maximum atomic E-state index is 14.7. The summed E-state index contributed by atoms with van der Waals surface area (Å²) in [6.45, 7) is 5.27. The van der Waals surface area contributed by atoms with Crippen LogP contribution in [0.4, 0.5) is 8.78 Å². The van der Waals surface area contributed by atoms with E-state index in [-0.39, 0.29) is 30.1 Å². The van der Waals surface area contributed by atoms with Gasteiger partial charge in [0.1, 0.15) is 11.6 Å². The van der Waals surface area contributed by atoms with Gasteiger partial charge in [0.25, 0.3) is 0 Å². The second kappa shape index (κ2) is 8.41. The number of halogens is 3. The van der Waals surface area contributed by atoms with Crippen LogP contribution in [0, 0.1) is 24.5 Å². The molecule has 23 heavy (non-hydrogen) atoms. The molecule has 0 amide bonds. The van der Waals surface area contributed by atoms with Crippen molar-refractivity contribution in [1.29, 1.82) is 0 Å². The van der Waals surface area contributed by atoms with Crippen LogP contribution in [-0.4, -0.2) is 31.1 Å². The van der Waals surface area contributed by atoms with Gasteiger partial charge in [0.2, 0.25) is 0 Å². The highest BCUT2D eigenvalue weighted by molar-refractivity contribution is 5.85. The molecule has 1 saturated heterocycles. The summed E-state index contributed by atoms with van der Waals surface area (Å²) >= 11 is 0. The molecule has 1 aliphatic carbocycles. The second-order valence-corrected chi connectivity index (χ2v) is 6.72. The van der Waals surface area contributed by atoms with E-state index < -0.39 is 0 Å². The fraction of sp³-hybridized carbons (Fsp3) is 0.667. The van der Waals surface area contributed by atoms with Crippen LogP contribution in [0.5, 0.6) is 0 Å². The number of hydrogen-bond acceptors (Lipinski definition) is 2. The zero-order valence-corrected chi connectivity index (χ0v) is 14.6. The van der Waals surface area contributed by atoms with Crippen molar-refractivity contribution in [3.05, 3.63) is 34.9 Å². The Balaban J connectivity index is 0.00000192. The van der Waals surface area contributed by atoms with Crippen LogP contribution in [0.3, 0.4) is 0 Å².